The van der Waals surface area contributed by atoms with E-state index in [1.54, 1.807) is 0 Å². The predicted molar refractivity (Wildman–Crippen MR) is 98.8 cm³/mol. The van der Waals surface area contributed by atoms with Crippen LogP contribution in [0.15, 0.2) is 47.5 Å². The number of hydrogen-bond acceptors (Lipinski definition) is 4. The molecule has 3 rings (SSSR count). The Bertz CT molecular complexity index is 844. The van der Waals surface area contributed by atoms with Gasteiger partial charge in [0.1, 0.15) is 10.7 Å². The summed E-state index contributed by atoms with van der Waals surface area (Å²) in [4.78, 5) is 4.21. The molecule has 1 fully saturated rings. The van der Waals surface area contributed by atoms with Gasteiger partial charge in [0.25, 0.3) is 0 Å². The summed E-state index contributed by atoms with van der Waals surface area (Å²) in [6.07, 6.45) is 1.95. The SMILES string of the molecule is CN1CCN([C@@H](CNS(=O)(=O)c2ccccc2F)c2cccn2C)CC1. The van der Waals surface area contributed by atoms with Gasteiger partial charge in [0.05, 0.1) is 6.04 Å². The summed E-state index contributed by atoms with van der Waals surface area (Å²) >= 11 is 0. The Labute approximate surface area is 154 Å². The first kappa shape index (κ1) is 19.0. The van der Waals surface area contributed by atoms with E-state index in [2.05, 4.69) is 21.6 Å². The van der Waals surface area contributed by atoms with Crippen molar-refractivity contribution in [1.82, 2.24) is 19.1 Å². The fourth-order valence-electron chi connectivity index (χ4n) is 3.30. The molecule has 1 saturated heterocycles. The molecule has 142 valence electrons. The van der Waals surface area contributed by atoms with Crippen LogP contribution >= 0.6 is 0 Å². The van der Waals surface area contributed by atoms with Crippen LogP contribution in [0.25, 0.3) is 0 Å². The van der Waals surface area contributed by atoms with Gasteiger partial charge in [0.15, 0.2) is 0 Å². The minimum atomic E-state index is -3.91. The average Bonchev–Trinajstić information content (AvgIpc) is 3.03. The number of nitrogens with zero attached hydrogens (tertiary/aromatic N) is 3. The van der Waals surface area contributed by atoms with Gasteiger partial charge in [-0.1, -0.05) is 12.1 Å². The summed E-state index contributed by atoms with van der Waals surface area (Å²) in [7, 11) is 0.117. The zero-order chi connectivity index (χ0) is 18.7. The number of nitrogens with one attached hydrogen (secondary N) is 1. The average molecular weight is 380 g/mol. The lowest BCUT2D eigenvalue weighted by Gasteiger charge is -2.38. The molecular formula is C18H25FN4O2S. The topological polar surface area (TPSA) is 57.6 Å². The number of benzene rings is 1. The van der Waals surface area contributed by atoms with Crippen molar-refractivity contribution in [2.24, 2.45) is 7.05 Å². The van der Waals surface area contributed by atoms with Crippen LogP contribution in [0.5, 0.6) is 0 Å². The fraction of sp³-hybridized carbons (Fsp3) is 0.444. The molecule has 1 aliphatic heterocycles. The number of rotatable bonds is 6. The summed E-state index contributed by atoms with van der Waals surface area (Å²) < 4.78 is 43.6. The molecule has 2 heterocycles. The fourth-order valence-corrected chi connectivity index (χ4v) is 4.42. The standard InChI is InChI=1S/C18H25FN4O2S/c1-21-10-12-23(13-11-21)17(16-7-5-9-22(16)2)14-20-26(24,25)18-8-4-3-6-15(18)19/h3-9,17,20H,10-14H2,1-2H3/t17-/m0/s1. The summed E-state index contributed by atoms with van der Waals surface area (Å²) in [5.41, 5.74) is 1.03. The number of aromatic nitrogens is 1. The first-order chi connectivity index (χ1) is 12.4. The van der Waals surface area contributed by atoms with Crippen LogP contribution in [-0.4, -0.2) is 62.6 Å². The highest BCUT2D eigenvalue weighted by Gasteiger charge is 2.28. The molecule has 2 aromatic rings. The molecule has 1 N–H and O–H groups in total. The zero-order valence-corrected chi connectivity index (χ0v) is 15.9. The van der Waals surface area contributed by atoms with Crippen molar-refractivity contribution < 1.29 is 12.8 Å². The monoisotopic (exact) mass is 380 g/mol. The molecule has 26 heavy (non-hydrogen) atoms. The van der Waals surface area contributed by atoms with Crippen LogP contribution < -0.4 is 4.72 Å². The zero-order valence-electron chi connectivity index (χ0n) is 15.1. The summed E-state index contributed by atoms with van der Waals surface area (Å²) in [6.45, 7) is 3.77. The van der Waals surface area contributed by atoms with E-state index >= 15 is 0 Å². The minimum Gasteiger partial charge on any atom is -0.353 e. The molecule has 1 aromatic carbocycles. The van der Waals surface area contributed by atoms with Crippen molar-refractivity contribution >= 4 is 10.0 Å². The molecule has 1 aliphatic rings. The van der Waals surface area contributed by atoms with E-state index in [1.165, 1.54) is 18.2 Å². The van der Waals surface area contributed by atoms with Crippen molar-refractivity contribution in [3.05, 3.63) is 54.1 Å². The van der Waals surface area contributed by atoms with Gasteiger partial charge in [0, 0.05) is 51.7 Å². The van der Waals surface area contributed by atoms with Crippen LogP contribution in [-0.2, 0) is 17.1 Å². The van der Waals surface area contributed by atoms with Crippen LogP contribution in [0.4, 0.5) is 4.39 Å². The van der Waals surface area contributed by atoms with Crippen molar-refractivity contribution in [2.45, 2.75) is 10.9 Å². The molecule has 0 aliphatic carbocycles. The van der Waals surface area contributed by atoms with Crippen molar-refractivity contribution in [3.8, 4) is 0 Å². The molecule has 6 nitrogen and oxygen atoms in total. The van der Waals surface area contributed by atoms with E-state index in [-0.39, 0.29) is 17.5 Å². The van der Waals surface area contributed by atoms with Gasteiger partial charge in [-0.3, -0.25) is 4.90 Å². The lowest BCUT2D eigenvalue weighted by molar-refractivity contribution is 0.109. The normalized spacial score (nSPS) is 18.1. The summed E-state index contributed by atoms with van der Waals surface area (Å²) in [5.74, 6) is -0.741. The molecule has 0 amide bonds. The second-order valence-electron chi connectivity index (χ2n) is 6.68. The Kier molecular flexibility index (Phi) is 5.76. The van der Waals surface area contributed by atoms with Gasteiger partial charge in [-0.2, -0.15) is 0 Å². The second-order valence-corrected chi connectivity index (χ2v) is 8.42. The largest absolute Gasteiger partial charge is 0.353 e. The summed E-state index contributed by atoms with van der Waals surface area (Å²) in [5, 5.41) is 0. The van der Waals surface area contributed by atoms with Crippen molar-refractivity contribution in [1.29, 1.82) is 0 Å². The Morgan fingerprint density at radius 1 is 1.08 bits per heavy atom. The van der Waals surface area contributed by atoms with E-state index < -0.39 is 15.8 Å². The number of sulfonamides is 1. The van der Waals surface area contributed by atoms with Crippen LogP contribution in [0.2, 0.25) is 0 Å². The van der Waals surface area contributed by atoms with Gasteiger partial charge >= 0.3 is 0 Å². The molecule has 0 saturated carbocycles. The third-order valence-corrected chi connectivity index (χ3v) is 6.35. The number of hydrogen-bond donors (Lipinski definition) is 1. The van der Waals surface area contributed by atoms with Gasteiger partial charge in [-0.25, -0.2) is 17.5 Å². The van der Waals surface area contributed by atoms with Gasteiger partial charge in [-0.15, -0.1) is 0 Å². The smallest absolute Gasteiger partial charge is 0.243 e. The molecule has 0 unspecified atom stereocenters. The number of likely N-dealkylation sites (N-methyl/N-ethyl adjacent to an activating group) is 1. The van der Waals surface area contributed by atoms with Crippen LogP contribution in [0.1, 0.15) is 11.7 Å². The Morgan fingerprint density at radius 2 is 1.77 bits per heavy atom. The maximum Gasteiger partial charge on any atom is 0.243 e. The Balaban J connectivity index is 1.80. The molecule has 0 spiro atoms. The molecular weight excluding hydrogens is 355 g/mol. The molecule has 0 bridgehead atoms. The lowest BCUT2D eigenvalue weighted by Crippen LogP contribution is -2.48. The lowest BCUT2D eigenvalue weighted by atomic mass is 10.1. The van der Waals surface area contributed by atoms with E-state index in [0.29, 0.717) is 0 Å². The maximum absolute atomic E-state index is 13.9. The number of halogens is 1. The maximum atomic E-state index is 13.9. The van der Waals surface area contributed by atoms with Gasteiger partial charge < -0.3 is 9.47 Å². The van der Waals surface area contributed by atoms with E-state index in [4.69, 9.17) is 0 Å². The first-order valence-corrected chi connectivity index (χ1v) is 10.1. The molecule has 1 atom stereocenters. The highest BCUT2D eigenvalue weighted by atomic mass is 32.2. The first-order valence-electron chi connectivity index (χ1n) is 8.66. The number of piperazine rings is 1. The number of aryl methyl sites for hydroxylation is 1. The minimum absolute atomic E-state index is 0.106. The highest BCUT2D eigenvalue weighted by molar-refractivity contribution is 7.89. The van der Waals surface area contributed by atoms with Crippen LogP contribution in [0, 0.1) is 5.82 Å². The van der Waals surface area contributed by atoms with Gasteiger partial charge in [-0.05, 0) is 31.3 Å². The van der Waals surface area contributed by atoms with E-state index in [9.17, 15) is 12.8 Å². The third kappa shape index (κ3) is 4.15. The molecule has 8 heteroatoms. The Morgan fingerprint density at radius 3 is 2.38 bits per heavy atom. The Hall–Kier alpha value is -1.74. The van der Waals surface area contributed by atoms with Crippen molar-refractivity contribution in [2.75, 3.05) is 39.8 Å². The third-order valence-electron chi connectivity index (χ3n) is 4.90. The molecule has 0 radical (unpaired) electrons. The quantitative estimate of drug-likeness (QED) is 0.824. The van der Waals surface area contributed by atoms with Crippen molar-refractivity contribution in [3.63, 3.8) is 0 Å². The molecule has 1 aromatic heterocycles. The second kappa shape index (κ2) is 7.87. The highest BCUT2D eigenvalue weighted by Crippen LogP contribution is 2.23. The predicted octanol–water partition coefficient (Wildman–Crippen LogP) is 1.43. The van der Waals surface area contributed by atoms with E-state index in [1.807, 2.05) is 29.9 Å². The van der Waals surface area contributed by atoms with Crippen LogP contribution in [0.3, 0.4) is 0 Å². The summed E-state index contributed by atoms with van der Waals surface area (Å²) in [6, 6.07) is 9.28. The van der Waals surface area contributed by atoms with E-state index in [0.717, 1.165) is 37.9 Å². The van der Waals surface area contributed by atoms with Gasteiger partial charge in [0.2, 0.25) is 10.0 Å².